The summed E-state index contributed by atoms with van der Waals surface area (Å²) in [5, 5.41) is 0. The first kappa shape index (κ1) is 24.3. The highest BCUT2D eigenvalue weighted by Gasteiger charge is 2.52. The van der Waals surface area contributed by atoms with E-state index in [1.807, 2.05) is 37.3 Å². The number of hydrogen-bond acceptors (Lipinski definition) is 6. The summed E-state index contributed by atoms with van der Waals surface area (Å²) in [6.45, 7) is 4.65. The van der Waals surface area contributed by atoms with Crippen LogP contribution in [0.5, 0.6) is 11.5 Å². The number of ketones is 1. The Morgan fingerprint density at radius 3 is 2.69 bits per heavy atom. The largest absolute Gasteiger partial charge is 0.493 e. The third-order valence-corrected chi connectivity index (χ3v) is 7.39. The Kier molecular flexibility index (Phi) is 6.99. The zero-order chi connectivity index (χ0) is 25.2. The van der Waals surface area contributed by atoms with Gasteiger partial charge in [0.05, 0.1) is 31.2 Å². The average Bonchev–Trinajstić information content (AvgIpc) is 3.19. The Morgan fingerprint density at radius 2 is 1.92 bits per heavy atom. The second-order valence-electron chi connectivity index (χ2n) is 9.84. The number of methoxy groups -OCH3 is 1. The summed E-state index contributed by atoms with van der Waals surface area (Å²) >= 11 is 0. The molecular weight excluding hydrogens is 456 g/mol. The van der Waals surface area contributed by atoms with E-state index in [9.17, 15) is 9.59 Å². The van der Waals surface area contributed by atoms with Gasteiger partial charge in [0.1, 0.15) is 11.9 Å². The summed E-state index contributed by atoms with van der Waals surface area (Å²) < 4.78 is 17.9. The third-order valence-electron chi connectivity index (χ3n) is 7.39. The first-order valence-corrected chi connectivity index (χ1v) is 13.1. The van der Waals surface area contributed by atoms with Crippen LogP contribution < -0.4 is 14.4 Å². The number of anilines is 1. The summed E-state index contributed by atoms with van der Waals surface area (Å²) in [5.41, 5.74) is 1.99. The van der Waals surface area contributed by atoms with Gasteiger partial charge in [-0.05, 0) is 62.4 Å². The Labute approximate surface area is 212 Å². The van der Waals surface area contributed by atoms with Crippen molar-refractivity contribution in [3.05, 3.63) is 59.0 Å². The van der Waals surface area contributed by atoms with E-state index >= 15 is 0 Å². The van der Waals surface area contributed by atoms with Crippen molar-refractivity contribution in [1.29, 1.82) is 0 Å². The minimum absolute atomic E-state index is 0.0216. The molecule has 2 aromatic rings. The summed E-state index contributed by atoms with van der Waals surface area (Å²) in [6, 6.07) is 10.6. The van der Waals surface area contributed by atoms with Crippen LogP contribution in [0.2, 0.25) is 0 Å². The molecule has 3 unspecified atom stereocenters. The molecule has 0 saturated heterocycles. The number of carbonyl (C=O) groups is 2. The fourth-order valence-electron chi connectivity index (χ4n) is 5.57. The molecule has 7 nitrogen and oxygen atoms in total. The number of carbonyl (C=O) groups excluding carboxylic acids is 2. The molecule has 1 fully saturated rings. The third kappa shape index (κ3) is 4.36. The van der Waals surface area contributed by atoms with Crippen LogP contribution >= 0.6 is 0 Å². The molecule has 1 aromatic carbocycles. The van der Waals surface area contributed by atoms with Gasteiger partial charge in [0.25, 0.3) is 5.91 Å². The predicted molar refractivity (Wildman–Crippen MR) is 136 cm³/mol. The summed E-state index contributed by atoms with van der Waals surface area (Å²) in [4.78, 5) is 33.8. The molecule has 5 rings (SSSR count). The van der Waals surface area contributed by atoms with Crippen molar-refractivity contribution >= 4 is 17.5 Å². The lowest BCUT2D eigenvalue weighted by Gasteiger charge is -2.35. The first-order chi connectivity index (χ1) is 17.5. The lowest BCUT2D eigenvalue weighted by atomic mass is 9.77. The number of fused-ring (bicyclic) bond motifs is 1. The van der Waals surface area contributed by atoms with Gasteiger partial charge >= 0.3 is 0 Å². The summed E-state index contributed by atoms with van der Waals surface area (Å²) in [5.74, 6) is 1.39. The number of aromatic nitrogens is 1. The highest BCUT2D eigenvalue weighted by atomic mass is 16.5. The number of aryl methyl sites for hydroxylation is 1. The maximum absolute atomic E-state index is 13.8. The Morgan fingerprint density at radius 1 is 1.08 bits per heavy atom. The van der Waals surface area contributed by atoms with Crippen LogP contribution in [-0.4, -0.2) is 36.5 Å². The van der Waals surface area contributed by atoms with Gasteiger partial charge in [0, 0.05) is 5.69 Å². The molecule has 1 aliphatic carbocycles. The van der Waals surface area contributed by atoms with Gasteiger partial charge in [-0.25, -0.2) is 4.98 Å². The lowest BCUT2D eigenvalue weighted by molar-refractivity contribution is -0.131. The number of unbranched alkanes of at least 4 members (excludes halogenated alkanes) is 2. The van der Waals surface area contributed by atoms with Crippen LogP contribution in [0.15, 0.2) is 47.7 Å². The average molecular weight is 491 g/mol. The van der Waals surface area contributed by atoms with E-state index < -0.39 is 6.04 Å². The van der Waals surface area contributed by atoms with E-state index in [2.05, 4.69) is 11.9 Å². The monoisotopic (exact) mass is 490 g/mol. The highest BCUT2D eigenvalue weighted by Crippen LogP contribution is 2.49. The summed E-state index contributed by atoms with van der Waals surface area (Å²) in [7, 11) is 1.60. The minimum atomic E-state index is -0.639. The zero-order valence-electron chi connectivity index (χ0n) is 21.3. The van der Waals surface area contributed by atoms with Crippen molar-refractivity contribution in [3.63, 3.8) is 0 Å². The van der Waals surface area contributed by atoms with Gasteiger partial charge in [0.15, 0.2) is 23.0 Å². The SMILES string of the molecule is CCCCCOc1ccc(C2C3=C(OC4CCCCC4C3=O)C(=O)N2c2cccc(C)n2)cc1OC. The maximum Gasteiger partial charge on any atom is 0.295 e. The fourth-order valence-corrected chi connectivity index (χ4v) is 5.57. The number of ether oxygens (including phenoxy) is 3. The van der Waals surface area contributed by atoms with Crippen LogP contribution in [-0.2, 0) is 14.3 Å². The van der Waals surface area contributed by atoms with Gasteiger partial charge in [-0.2, -0.15) is 0 Å². The van der Waals surface area contributed by atoms with Crippen LogP contribution in [0.3, 0.4) is 0 Å². The molecule has 0 N–H and O–H groups in total. The molecule has 1 aromatic heterocycles. The second kappa shape index (κ2) is 10.3. The predicted octanol–water partition coefficient (Wildman–Crippen LogP) is 5.47. The number of nitrogens with zero attached hydrogens (tertiary/aromatic N) is 2. The molecule has 190 valence electrons. The van der Waals surface area contributed by atoms with E-state index in [4.69, 9.17) is 14.2 Å². The summed E-state index contributed by atoms with van der Waals surface area (Å²) in [6.07, 6.45) is 6.55. The van der Waals surface area contributed by atoms with E-state index in [1.165, 1.54) is 0 Å². The zero-order valence-corrected chi connectivity index (χ0v) is 21.3. The van der Waals surface area contributed by atoms with E-state index in [0.29, 0.717) is 29.5 Å². The minimum Gasteiger partial charge on any atom is -0.493 e. The van der Waals surface area contributed by atoms with Crippen molar-refractivity contribution in [2.45, 2.75) is 70.9 Å². The molecule has 7 heteroatoms. The van der Waals surface area contributed by atoms with Crippen molar-refractivity contribution in [2.24, 2.45) is 5.92 Å². The highest BCUT2D eigenvalue weighted by molar-refractivity contribution is 6.17. The first-order valence-electron chi connectivity index (χ1n) is 13.1. The fraction of sp³-hybridized carbons (Fsp3) is 0.483. The number of amides is 1. The number of rotatable bonds is 8. The van der Waals surface area contributed by atoms with Crippen molar-refractivity contribution < 1.29 is 23.8 Å². The number of Topliss-reactive ketones (excluding diaryl/α,β-unsaturated/α-hetero) is 1. The standard InChI is InChI=1S/C29H34N2O5/c1-4-5-8-16-35-22-15-14-19(17-23(22)34-3)26-25-27(32)20-11-6-7-12-21(20)36-28(25)29(33)31(26)24-13-9-10-18(2)30-24/h9-10,13-15,17,20-21,26H,4-8,11-12,16H2,1-3H3. The van der Waals surface area contributed by atoms with Gasteiger partial charge in [-0.3, -0.25) is 14.5 Å². The maximum atomic E-state index is 13.8. The molecule has 3 heterocycles. The number of hydrogen-bond donors (Lipinski definition) is 0. The van der Waals surface area contributed by atoms with E-state index in [1.54, 1.807) is 18.1 Å². The van der Waals surface area contributed by atoms with Gasteiger partial charge < -0.3 is 14.2 Å². The lowest BCUT2D eigenvalue weighted by Crippen LogP contribution is -2.39. The van der Waals surface area contributed by atoms with Gasteiger partial charge in [-0.15, -0.1) is 0 Å². The van der Waals surface area contributed by atoms with E-state index in [-0.39, 0.29) is 29.5 Å². The molecule has 3 aliphatic rings. The molecule has 36 heavy (non-hydrogen) atoms. The van der Waals surface area contributed by atoms with Crippen LogP contribution in [0, 0.1) is 12.8 Å². The van der Waals surface area contributed by atoms with Gasteiger partial charge in [-0.1, -0.05) is 38.3 Å². The Balaban J connectivity index is 1.57. The molecule has 0 bridgehead atoms. The molecule has 1 amide bonds. The molecule has 3 atom stereocenters. The molecule has 0 spiro atoms. The number of benzene rings is 1. The van der Waals surface area contributed by atoms with Gasteiger partial charge in [0.2, 0.25) is 0 Å². The second-order valence-corrected chi connectivity index (χ2v) is 9.84. The van der Waals surface area contributed by atoms with Crippen LogP contribution in [0.4, 0.5) is 5.82 Å². The Hall–Kier alpha value is -3.35. The number of pyridine rings is 1. The molecule has 2 aliphatic heterocycles. The van der Waals surface area contributed by atoms with Crippen molar-refractivity contribution in [3.8, 4) is 11.5 Å². The quantitative estimate of drug-likeness (QED) is 0.457. The van der Waals surface area contributed by atoms with Crippen LogP contribution in [0.25, 0.3) is 0 Å². The van der Waals surface area contributed by atoms with Crippen molar-refractivity contribution in [1.82, 2.24) is 4.98 Å². The molecular formula is C29H34N2O5. The van der Waals surface area contributed by atoms with Crippen molar-refractivity contribution in [2.75, 3.05) is 18.6 Å². The molecule has 0 radical (unpaired) electrons. The normalized spacial score (nSPS) is 23.3. The van der Waals surface area contributed by atoms with E-state index in [0.717, 1.165) is 56.2 Å². The van der Waals surface area contributed by atoms with Crippen LogP contribution in [0.1, 0.15) is 69.2 Å². The topological polar surface area (TPSA) is 78.0 Å². The smallest absolute Gasteiger partial charge is 0.295 e. The molecule has 1 saturated carbocycles. The Bertz CT molecular complexity index is 1190.